The predicted molar refractivity (Wildman–Crippen MR) is 255 cm³/mol. The molecule has 8 aromatic rings. The van der Waals surface area contributed by atoms with E-state index in [0.29, 0.717) is 17.1 Å². The standard InChI is InChI=1S/C55H43BN5O.Pt/c1-38-23-25-40(26-24-38)53-54(47(39-15-6-5-7-16-39)36-56-30-12-13-32-60(53)56)59-37-58(49-21-10-11-22-50(49)59)42-17-14-18-43(34-42)62-44-27-28-46-45-19-8-9-20-48(45)61(51(46)35-44)52-33-41(29-31-57-52)55(2,3)4;/h5-33,36-37H,1-4H3;/q-3;/i1D3;. The molecule has 0 atom stereocenters. The van der Waals surface area contributed by atoms with Crippen LogP contribution in [0.2, 0.25) is 0 Å². The zero-order valence-electron chi connectivity index (χ0n) is 37.9. The summed E-state index contributed by atoms with van der Waals surface area (Å²) in [5, 5.41) is 2.18. The van der Waals surface area contributed by atoms with Gasteiger partial charge in [-0.05, 0) is 82.5 Å². The Hall–Kier alpha value is -6.82. The van der Waals surface area contributed by atoms with Crippen LogP contribution in [0.15, 0.2) is 188 Å². The van der Waals surface area contributed by atoms with Gasteiger partial charge >= 0.3 is 6.85 Å². The number of para-hydroxylation sites is 3. The van der Waals surface area contributed by atoms with Crippen molar-refractivity contribution >= 4 is 57.0 Å². The predicted octanol–water partition coefficient (Wildman–Crippen LogP) is 13.2. The summed E-state index contributed by atoms with van der Waals surface area (Å²) in [7, 11) is 0. The van der Waals surface area contributed by atoms with E-state index in [1.54, 1.807) is 12.1 Å². The van der Waals surface area contributed by atoms with E-state index in [2.05, 4.69) is 168 Å². The normalized spacial score (nSPS) is 15.5. The van der Waals surface area contributed by atoms with Gasteiger partial charge in [-0.15, -0.1) is 48.1 Å². The maximum atomic E-state index is 8.08. The molecule has 0 radical (unpaired) electrons. The first-order chi connectivity index (χ1) is 31.5. The van der Waals surface area contributed by atoms with Gasteiger partial charge in [0.1, 0.15) is 5.82 Å². The van der Waals surface area contributed by atoms with Crippen LogP contribution in [0.3, 0.4) is 0 Å². The molecule has 0 N–H and O–H groups in total. The van der Waals surface area contributed by atoms with E-state index in [1.807, 2.05) is 60.8 Å². The zero-order chi connectivity index (χ0) is 44.5. The van der Waals surface area contributed by atoms with Crippen molar-refractivity contribution in [1.29, 1.82) is 0 Å². The second kappa shape index (κ2) is 16.1. The Morgan fingerprint density at radius 3 is 2.27 bits per heavy atom. The van der Waals surface area contributed by atoms with Crippen LogP contribution < -0.4 is 14.5 Å². The average molecular weight is 999 g/mol. The third kappa shape index (κ3) is 7.21. The molecule has 2 aromatic heterocycles. The van der Waals surface area contributed by atoms with Gasteiger partial charge in [0.05, 0.1) is 5.70 Å². The Kier molecular flexibility index (Phi) is 9.43. The molecule has 0 bridgehead atoms. The summed E-state index contributed by atoms with van der Waals surface area (Å²) in [6.45, 7) is 6.47. The number of fused-ring (bicyclic) bond motifs is 5. The molecule has 0 fully saturated rings. The summed E-state index contributed by atoms with van der Waals surface area (Å²) in [5.41, 5.74) is 11.0. The molecule has 0 unspecified atom stereocenters. The summed E-state index contributed by atoms with van der Waals surface area (Å²) in [4.78, 5) is 11.5. The largest absolute Gasteiger partial charge is 0.509 e. The number of rotatable bonds is 7. The Morgan fingerprint density at radius 2 is 1.46 bits per heavy atom. The topological polar surface area (TPSA) is 36.8 Å². The van der Waals surface area contributed by atoms with E-state index in [-0.39, 0.29) is 33.3 Å². The van der Waals surface area contributed by atoms with E-state index < -0.39 is 6.85 Å². The number of hydrogen-bond donors (Lipinski definition) is 0. The third-order valence-electron chi connectivity index (χ3n) is 11.8. The number of allylic oxidation sites excluding steroid dienone is 3. The van der Waals surface area contributed by atoms with Gasteiger partial charge in [0.2, 0.25) is 0 Å². The third-order valence-corrected chi connectivity index (χ3v) is 11.8. The molecule has 6 nitrogen and oxygen atoms in total. The first-order valence-electron chi connectivity index (χ1n) is 22.4. The van der Waals surface area contributed by atoms with Crippen molar-refractivity contribution in [3.8, 4) is 17.3 Å². The van der Waals surface area contributed by atoms with Gasteiger partial charge in [-0.2, -0.15) is 12.1 Å². The van der Waals surface area contributed by atoms with Crippen LogP contribution in [0.4, 0.5) is 17.1 Å². The van der Waals surface area contributed by atoms with Gasteiger partial charge in [0.25, 0.3) is 0 Å². The number of ether oxygens (including phenoxy) is 1. The number of aryl methyl sites for hydroxylation is 1. The zero-order valence-corrected chi connectivity index (χ0v) is 37.2. The van der Waals surface area contributed by atoms with E-state index in [4.69, 9.17) is 13.8 Å². The van der Waals surface area contributed by atoms with Crippen LogP contribution in [0.25, 0.3) is 38.9 Å². The first kappa shape index (κ1) is 36.8. The van der Waals surface area contributed by atoms with Crippen molar-refractivity contribution in [2.45, 2.75) is 33.0 Å². The van der Waals surface area contributed by atoms with Gasteiger partial charge in [0.15, 0.2) is 0 Å². The van der Waals surface area contributed by atoms with Crippen molar-refractivity contribution in [2.75, 3.05) is 9.80 Å². The molecule has 11 rings (SSSR count). The first-order valence-corrected chi connectivity index (χ1v) is 20.9. The van der Waals surface area contributed by atoms with Gasteiger partial charge in [-0.25, -0.2) is 4.98 Å². The maximum Gasteiger partial charge on any atom is 0.313 e. The summed E-state index contributed by atoms with van der Waals surface area (Å²) in [6.07, 6.45) is 8.09. The van der Waals surface area contributed by atoms with Crippen LogP contribution in [0.1, 0.15) is 47.1 Å². The Bertz CT molecular complexity index is 3280. The Balaban J connectivity index is 0.00000511. The molecular formula is C55H43BN5OPt-3. The number of nitrogens with zero attached hydrogens (tertiary/aromatic N) is 5. The maximum absolute atomic E-state index is 8.08. The SMILES string of the molecule is [2H]C([2H])([2H])c1ccc(C2=C(N3[CH-]N(c4[c-]c(Oc5[c-]c6c(cc5)c5ccccc5n6-c5cc(C(C)(C)C)ccn5)ccc4)c4ccccc43)C(c3ccccc3)=CB3C=CC=CN32)cc1.[Pt]. The molecule has 0 saturated carbocycles. The molecule has 0 aliphatic carbocycles. The minimum Gasteiger partial charge on any atom is -0.509 e. The molecule has 3 aliphatic rings. The van der Waals surface area contributed by atoms with Crippen LogP contribution in [-0.4, -0.2) is 21.2 Å². The average Bonchev–Trinajstić information content (AvgIpc) is 3.87. The number of hydrogen-bond acceptors (Lipinski definition) is 5. The van der Waals surface area contributed by atoms with Crippen molar-refractivity contribution in [2.24, 2.45) is 0 Å². The van der Waals surface area contributed by atoms with Gasteiger partial charge < -0.3 is 23.9 Å². The molecule has 6 aromatic carbocycles. The molecule has 0 amide bonds. The van der Waals surface area contributed by atoms with E-state index in [9.17, 15) is 0 Å². The number of benzene rings is 6. The molecule has 310 valence electrons. The molecule has 0 spiro atoms. The van der Waals surface area contributed by atoms with Crippen molar-refractivity contribution < 1.29 is 29.9 Å². The fourth-order valence-electron chi connectivity index (χ4n) is 8.80. The van der Waals surface area contributed by atoms with Crippen LogP contribution in [0, 0.1) is 25.7 Å². The number of anilines is 3. The summed E-state index contributed by atoms with van der Waals surface area (Å²) in [6, 6.07) is 55.9. The quantitative estimate of drug-likeness (QED) is 0.117. The van der Waals surface area contributed by atoms with Gasteiger partial charge in [-0.1, -0.05) is 135 Å². The van der Waals surface area contributed by atoms with Crippen LogP contribution in [-0.2, 0) is 26.5 Å². The van der Waals surface area contributed by atoms with Crippen molar-refractivity contribution in [3.05, 3.63) is 229 Å². The van der Waals surface area contributed by atoms with Crippen LogP contribution in [0.5, 0.6) is 11.5 Å². The number of aromatic nitrogens is 2. The fourth-order valence-corrected chi connectivity index (χ4v) is 8.80. The summed E-state index contributed by atoms with van der Waals surface area (Å²) >= 11 is 0. The summed E-state index contributed by atoms with van der Waals surface area (Å²) in [5.74, 6) is 6.42. The monoisotopic (exact) mass is 998 g/mol. The molecule has 5 heterocycles. The van der Waals surface area contributed by atoms with Crippen molar-refractivity contribution in [3.63, 3.8) is 0 Å². The summed E-state index contributed by atoms with van der Waals surface area (Å²) < 4.78 is 33.1. The molecule has 63 heavy (non-hydrogen) atoms. The van der Waals surface area contributed by atoms with Crippen molar-refractivity contribution in [1.82, 2.24) is 14.4 Å². The second-order valence-electron chi connectivity index (χ2n) is 16.8. The van der Waals surface area contributed by atoms with Gasteiger partial charge in [0, 0.05) is 65.5 Å². The molecule has 8 heteroatoms. The van der Waals surface area contributed by atoms with E-state index in [1.165, 1.54) is 5.56 Å². The Morgan fingerprint density at radius 1 is 0.698 bits per heavy atom. The smallest absolute Gasteiger partial charge is 0.313 e. The van der Waals surface area contributed by atoms with Gasteiger partial charge in [-0.3, -0.25) is 0 Å². The molecule has 3 aliphatic heterocycles. The van der Waals surface area contributed by atoms with Crippen LogP contribution >= 0.6 is 0 Å². The van der Waals surface area contributed by atoms with E-state index in [0.717, 1.165) is 72.8 Å². The fraction of sp³-hybridized carbons (Fsp3) is 0.0909. The molecule has 0 saturated heterocycles. The van der Waals surface area contributed by atoms with E-state index >= 15 is 0 Å². The Labute approximate surface area is 388 Å². The number of pyridine rings is 1. The minimum atomic E-state index is -2.22. The molecular weight excluding hydrogens is 953 g/mol. The minimum absolute atomic E-state index is 0. The second-order valence-corrected chi connectivity index (χ2v) is 16.8.